The Morgan fingerprint density at radius 1 is 0.381 bits per heavy atom. The van der Waals surface area contributed by atoms with Crippen LogP contribution in [0.3, 0.4) is 0 Å². The van der Waals surface area contributed by atoms with Crippen LogP contribution < -0.4 is 5.32 Å². The molecule has 564 valence electrons. The van der Waals surface area contributed by atoms with Crippen molar-refractivity contribution in [1.82, 2.24) is 5.32 Å². The minimum absolute atomic E-state index is 0.237. The fourth-order valence-electron chi connectivity index (χ4n) is 12.8. The summed E-state index contributed by atoms with van der Waals surface area (Å²) in [5.41, 5.74) is 0. The molecule has 3 heterocycles. The molecule has 0 aliphatic carbocycles. The van der Waals surface area contributed by atoms with Crippen LogP contribution in [-0.4, -0.2) is 193 Å². The minimum atomic E-state index is -1.98. The van der Waals surface area contributed by atoms with Crippen molar-refractivity contribution in [3.63, 3.8) is 0 Å². The van der Waals surface area contributed by atoms with Crippen LogP contribution in [0.2, 0.25) is 0 Å². The lowest BCUT2D eigenvalue weighted by Crippen LogP contribution is -2.66. The third kappa shape index (κ3) is 39.5. The Bertz CT molecular complexity index is 2040. The predicted molar refractivity (Wildman–Crippen MR) is 383 cm³/mol. The Kier molecular flexibility index (Phi) is 53.5. The van der Waals surface area contributed by atoms with Gasteiger partial charge in [0.15, 0.2) is 18.9 Å². The van der Waals surface area contributed by atoms with E-state index in [9.17, 15) is 61.0 Å². The Morgan fingerprint density at radius 3 is 1.15 bits per heavy atom. The molecule has 17 atom stereocenters. The van der Waals surface area contributed by atoms with Gasteiger partial charge in [-0.2, -0.15) is 0 Å². The molecule has 3 aliphatic rings. The fraction of sp³-hybridized carbons (Fsp3) is 0.833. The van der Waals surface area contributed by atoms with E-state index in [-0.39, 0.29) is 18.9 Å². The number of ether oxygens (including phenoxy) is 6. The van der Waals surface area contributed by atoms with Crippen LogP contribution in [0, 0.1) is 0 Å². The van der Waals surface area contributed by atoms with E-state index in [4.69, 9.17) is 28.4 Å². The lowest BCUT2D eigenvalue weighted by Gasteiger charge is -2.48. The molecule has 0 spiro atoms. The molecule has 17 unspecified atom stereocenters. The van der Waals surface area contributed by atoms with Gasteiger partial charge in [-0.05, 0) is 70.6 Å². The molecule has 12 N–H and O–H groups in total. The smallest absolute Gasteiger partial charge is 0.220 e. The second-order valence-corrected chi connectivity index (χ2v) is 27.4. The lowest BCUT2D eigenvalue weighted by atomic mass is 9.96. The number of rotatable bonds is 60. The summed E-state index contributed by atoms with van der Waals surface area (Å²) in [6.45, 7) is 1.58. The molecule has 3 aliphatic heterocycles. The van der Waals surface area contributed by atoms with Gasteiger partial charge in [-0.3, -0.25) is 4.79 Å². The number of aliphatic hydroxyl groups excluding tert-OH is 11. The van der Waals surface area contributed by atoms with Gasteiger partial charge in [-0.25, -0.2) is 0 Å². The molecule has 0 saturated carbocycles. The molecule has 19 heteroatoms. The van der Waals surface area contributed by atoms with Gasteiger partial charge in [0.25, 0.3) is 0 Å². The number of carbonyl (C=O) groups is 1. The highest BCUT2D eigenvalue weighted by atomic mass is 16.8. The van der Waals surface area contributed by atoms with E-state index < -0.39 is 124 Å². The van der Waals surface area contributed by atoms with Gasteiger partial charge in [0.2, 0.25) is 5.91 Å². The molecule has 19 nitrogen and oxygen atoms in total. The van der Waals surface area contributed by atoms with Crippen molar-refractivity contribution in [3.8, 4) is 0 Å². The number of carbonyl (C=O) groups excluding carboxylic acids is 1. The van der Waals surface area contributed by atoms with Crippen molar-refractivity contribution in [2.75, 3.05) is 26.4 Å². The first-order valence-electron chi connectivity index (χ1n) is 38.7. The zero-order valence-electron chi connectivity index (χ0n) is 60.0. The summed E-state index contributed by atoms with van der Waals surface area (Å²) in [6, 6.07) is -0.989. The molecule has 0 aromatic carbocycles. The van der Waals surface area contributed by atoms with E-state index in [1.54, 1.807) is 6.08 Å². The van der Waals surface area contributed by atoms with Crippen LogP contribution >= 0.6 is 0 Å². The van der Waals surface area contributed by atoms with E-state index in [0.29, 0.717) is 12.8 Å². The summed E-state index contributed by atoms with van der Waals surface area (Å²) >= 11 is 0. The minimum Gasteiger partial charge on any atom is -0.394 e. The zero-order valence-corrected chi connectivity index (χ0v) is 60.0. The van der Waals surface area contributed by atoms with Crippen molar-refractivity contribution >= 4 is 5.91 Å². The lowest BCUT2D eigenvalue weighted by molar-refractivity contribution is -0.379. The summed E-state index contributed by atoms with van der Waals surface area (Å²) in [4.78, 5) is 13.4. The van der Waals surface area contributed by atoms with E-state index in [0.717, 1.165) is 64.2 Å². The molecule has 0 aromatic rings. The Hall–Kier alpha value is -2.77. The third-order valence-electron chi connectivity index (χ3n) is 19.0. The predicted octanol–water partition coefficient (Wildman–Crippen LogP) is 12.1. The molecule has 0 bridgehead atoms. The summed E-state index contributed by atoms with van der Waals surface area (Å²) < 4.78 is 34.3. The Labute approximate surface area is 585 Å². The maximum atomic E-state index is 13.4. The first-order chi connectivity index (χ1) is 47.3. The summed E-state index contributed by atoms with van der Waals surface area (Å²) in [7, 11) is 0. The second-order valence-electron chi connectivity index (χ2n) is 27.4. The molecule has 0 aromatic heterocycles. The average molecular weight is 1380 g/mol. The zero-order chi connectivity index (χ0) is 70.4. The number of hydrogen-bond donors (Lipinski definition) is 12. The standard InChI is InChI=1S/C78H139NO18/c1-3-5-7-9-11-13-15-16-17-18-19-20-21-22-23-24-25-26-27-28-29-30-31-32-33-34-35-36-37-38-39-40-41-42-43-44-46-48-50-52-54-56-66(84)79-61(62(83)55-53-51-49-47-45-14-12-10-8-6-4-2)60-92-76-72(90)69(87)74(64(58-81)94-76)97-78-73(91)70(88)75(65(59-82)95-78)96-77-71(89)68(86)67(85)63(57-80)93-77/h5,7,11,13,16-17,19-20,45,47,53,55,61-65,67-78,80-83,85-91H,3-4,6,8-10,12,14-15,18,21-44,46,48-52,54,56-60H2,1-2H3,(H,79,84)/b7-5-,13-11-,17-16-,20-19-,47-45+,55-53+. The van der Waals surface area contributed by atoms with Crippen molar-refractivity contribution in [1.29, 1.82) is 0 Å². The molecular weight excluding hydrogens is 1240 g/mol. The van der Waals surface area contributed by atoms with Crippen LogP contribution in [0.4, 0.5) is 0 Å². The highest BCUT2D eigenvalue weighted by Crippen LogP contribution is 2.33. The molecule has 0 radical (unpaired) electrons. The van der Waals surface area contributed by atoms with Crippen LogP contribution in [0.1, 0.15) is 284 Å². The number of hydrogen-bond acceptors (Lipinski definition) is 18. The Morgan fingerprint density at radius 2 is 0.722 bits per heavy atom. The molecule has 97 heavy (non-hydrogen) atoms. The van der Waals surface area contributed by atoms with Crippen molar-refractivity contribution < 1.29 is 89.4 Å². The average Bonchev–Trinajstić information content (AvgIpc) is 0.790. The topological polar surface area (TPSA) is 307 Å². The largest absolute Gasteiger partial charge is 0.394 e. The van der Waals surface area contributed by atoms with Crippen LogP contribution in [-0.2, 0) is 33.2 Å². The van der Waals surface area contributed by atoms with Gasteiger partial charge in [0.1, 0.15) is 73.2 Å². The van der Waals surface area contributed by atoms with Crippen molar-refractivity contribution in [3.05, 3.63) is 72.9 Å². The van der Waals surface area contributed by atoms with E-state index in [1.807, 2.05) is 6.08 Å². The number of unbranched alkanes of at least 4 members (excludes halogenated alkanes) is 34. The first-order valence-corrected chi connectivity index (χ1v) is 38.7. The van der Waals surface area contributed by atoms with Crippen LogP contribution in [0.5, 0.6) is 0 Å². The molecule has 1 amide bonds. The normalized spacial score (nSPS) is 27.3. The summed E-state index contributed by atoms with van der Waals surface area (Å²) in [6.07, 6.45) is 49.5. The quantitative estimate of drug-likeness (QED) is 0.0199. The highest BCUT2D eigenvalue weighted by molar-refractivity contribution is 5.76. The highest BCUT2D eigenvalue weighted by Gasteiger charge is 2.53. The first kappa shape index (κ1) is 88.4. The SMILES string of the molecule is CC/C=C\C/C=C\C/C=C\C/C=C\CCCCCCCCCCCCCCCCCCCCCCCCCCCCCCC(=O)NC(COC1OC(CO)C(OC2OC(CO)C(OC3OC(CO)C(O)C(O)C3O)C(O)C2O)C(O)C1O)C(O)/C=C/CC/C=C/CCCCCCC. The monoisotopic (exact) mass is 1380 g/mol. The Balaban J connectivity index is 1.25. The van der Waals surface area contributed by atoms with E-state index in [1.165, 1.54) is 186 Å². The third-order valence-corrected chi connectivity index (χ3v) is 19.0. The number of amides is 1. The second kappa shape index (κ2) is 58.7. The van der Waals surface area contributed by atoms with Gasteiger partial charge in [-0.15, -0.1) is 0 Å². The van der Waals surface area contributed by atoms with Crippen LogP contribution in [0.15, 0.2) is 72.9 Å². The van der Waals surface area contributed by atoms with Crippen molar-refractivity contribution in [2.45, 2.75) is 388 Å². The van der Waals surface area contributed by atoms with E-state index in [2.05, 4.69) is 79.9 Å². The summed E-state index contributed by atoms with van der Waals surface area (Å²) in [5.74, 6) is -0.284. The van der Waals surface area contributed by atoms with Crippen molar-refractivity contribution in [2.24, 2.45) is 0 Å². The van der Waals surface area contributed by atoms with Gasteiger partial charge in [-0.1, -0.05) is 279 Å². The summed E-state index contributed by atoms with van der Waals surface area (Å²) in [5, 5.41) is 120. The molecule has 3 saturated heterocycles. The van der Waals surface area contributed by atoms with Gasteiger partial charge >= 0.3 is 0 Å². The fourth-order valence-corrected chi connectivity index (χ4v) is 12.8. The molecule has 3 rings (SSSR count). The molecule has 3 fully saturated rings. The molecular formula is C78H139NO18. The van der Waals surface area contributed by atoms with Gasteiger partial charge in [0, 0.05) is 6.42 Å². The maximum absolute atomic E-state index is 13.4. The number of allylic oxidation sites excluding steroid dienone is 11. The van der Waals surface area contributed by atoms with Gasteiger partial charge < -0.3 is 89.9 Å². The number of nitrogens with one attached hydrogen (secondary N) is 1. The van der Waals surface area contributed by atoms with Crippen LogP contribution in [0.25, 0.3) is 0 Å². The van der Waals surface area contributed by atoms with Gasteiger partial charge in [0.05, 0.1) is 38.6 Å². The maximum Gasteiger partial charge on any atom is 0.220 e. The number of aliphatic hydroxyl groups is 11. The van der Waals surface area contributed by atoms with E-state index >= 15 is 0 Å².